The minimum Gasteiger partial charge on any atom is -0.508 e. The number of benzene rings is 1. The molecule has 0 radical (unpaired) electrons. The molecule has 0 aliphatic carbocycles. The number of aromatic amines is 2. The lowest BCUT2D eigenvalue weighted by Gasteiger charge is -2.10. The summed E-state index contributed by atoms with van der Waals surface area (Å²) in [5, 5.41) is 19.0. The lowest BCUT2D eigenvalue weighted by molar-refractivity contribution is 0.475. The smallest absolute Gasteiger partial charge is 0.327 e. The Labute approximate surface area is 122 Å². The number of anilines is 1. The highest BCUT2D eigenvalue weighted by atomic mass is 16.3. The van der Waals surface area contributed by atoms with E-state index in [4.69, 9.17) is 5.73 Å². The molecule has 3 aromatic rings. The molecule has 108 valence electrons. The fourth-order valence-electron chi connectivity index (χ4n) is 2.28. The second-order valence-electron chi connectivity index (χ2n) is 4.54. The van der Waals surface area contributed by atoms with Crippen molar-refractivity contribution >= 4 is 16.9 Å². The van der Waals surface area contributed by atoms with Gasteiger partial charge in [-0.3, -0.25) is 14.8 Å². The van der Waals surface area contributed by atoms with Crippen LogP contribution in [-0.4, -0.2) is 20.1 Å². The minimum absolute atomic E-state index is 0.00403. The van der Waals surface area contributed by atoms with Crippen molar-refractivity contribution in [2.75, 3.05) is 5.73 Å². The maximum absolute atomic E-state index is 12.1. The monoisotopic (exact) mass is 295 g/mol. The number of pyridine rings is 1. The van der Waals surface area contributed by atoms with Gasteiger partial charge in [0.1, 0.15) is 28.8 Å². The maximum atomic E-state index is 12.1. The number of phenols is 1. The van der Waals surface area contributed by atoms with Gasteiger partial charge in [0, 0.05) is 5.56 Å². The number of hydrogen-bond donors (Lipinski definition) is 4. The number of fused-ring (bicyclic) bond motifs is 1. The normalized spacial score (nSPS) is 10.5. The number of aromatic nitrogens is 3. The number of phenolic OH excluding ortho intramolecular Hbond substituents is 1. The van der Waals surface area contributed by atoms with Gasteiger partial charge in [-0.2, -0.15) is 5.26 Å². The van der Waals surface area contributed by atoms with E-state index in [1.165, 1.54) is 12.1 Å². The molecule has 3 rings (SSSR count). The van der Waals surface area contributed by atoms with Crippen molar-refractivity contribution < 1.29 is 5.11 Å². The zero-order valence-corrected chi connectivity index (χ0v) is 11.0. The Morgan fingerprint density at radius 1 is 1.27 bits per heavy atom. The van der Waals surface area contributed by atoms with Crippen LogP contribution in [0.3, 0.4) is 0 Å². The van der Waals surface area contributed by atoms with Gasteiger partial charge in [-0.05, 0) is 17.7 Å². The summed E-state index contributed by atoms with van der Waals surface area (Å²) in [5.74, 6) is -0.152. The number of hydrogen-bond acceptors (Lipinski definition) is 6. The van der Waals surface area contributed by atoms with Crippen LogP contribution >= 0.6 is 0 Å². The molecule has 2 heterocycles. The van der Waals surface area contributed by atoms with Gasteiger partial charge in [0.25, 0.3) is 5.56 Å². The van der Waals surface area contributed by atoms with Crippen LogP contribution in [0.2, 0.25) is 0 Å². The molecule has 0 bridgehead atoms. The first-order chi connectivity index (χ1) is 10.5. The van der Waals surface area contributed by atoms with E-state index in [-0.39, 0.29) is 33.7 Å². The van der Waals surface area contributed by atoms with E-state index in [0.717, 1.165) is 0 Å². The second kappa shape index (κ2) is 4.75. The minimum atomic E-state index is -0.726. The molecule has 0 aliphatic heterocycles. The predicted octanol–water partition coefficient (Wildman–Crippen LogP) is 0.438. The third kappa shape index (κ3) is 1.97. The quantitative estimate of drug-likeness (QED) is 0.511. The number of aromatic hydroxyl groups is 1. The molecular weight excluding hydrogens is 286 g/mol. The molecule has 8 nitrogen and oxygen atoms in total. The van der Waals surface area contributed by atoms with Crippen LogP contribution < -0.4 is 17.0 Å². The standard InChI is InChI=1S/C14H9N5O3/c15-5-8-9(6-2-1-3-7(20)4-6)10-12(17-11(8)16)18-14(22)19-13(10)21/h1-4,20H,(H4,16,17,18,19,21,22). The number of nitrogen functional groups attached to an aromatic ring is 1. The molecule has 0 fully saturated rings. The summed E-state index contributed by atoms with van der Waals surface area (Å²) in [6.07, 6.45) is 0. The van der Waals surface area contributed by atoms with E-state index in [0.29, 0.717) is 5.56 Å². The zero-order valence-electron chi connectivity index (χ0n) is 11.0. The van der Waals surface area contributed by atoms with Crippen molar-refractivity contribution in [1.82, 2.24) is 15.0 Å². The zero-order chi connectivity index (χ0) is 15.9. The number of nitrogens with one attached hydrogen (secondary N) is 2. The van der Waals surface area contributed by atoms with Gasteiger partial charge >= 0.3 is 5.69 Å². The van der Waals surface area contributed by atoms with E-state index in [1.807, 2.05) is 6.07 Å². The SMILES string of the molecule is N#Cc1c(N)nc2[nH]c(=O)[nH]c(=O)c2c1-c1cccc(O)c1. The van der Waals surface area contributed by atoms with E-state index >= 15 is 0 Å². The Kier molecular flexibility index (Phi) is 2.89. The van der Waals surface area contributed by atoms with E-state index in [2.05, 4.69) is 15.0 Å². The third-order valence-electron chi connectivity index (χ3n) is 3.16. The molecular formula is C14H9N5O3. The average molecular weight is 295 g/mol. The second-order valence-corrected chi connectivity index (χ2v) is 4.54. The highest BCUT2D eigenvalue weighted by molar-refractivity contribution is 5.97. The molecule has 5 N–H and O–H groups in total. The van der Waals surface area contributed by atoms with Gasteiger partial charge < -0.3 is 10.8 Å². The third-order valence-corrected chi connectivity index (χ3v) is 3.16. The average Bonchev–Trinajstić information content (AvgIpc) is 2.45. The number of nitrogens with two attached hydrogens (primary N) is 1. The van der Waals surface area contributed by atoms with Gasteiger partial charge in [-0.25, -0.2) is 9.78 Å². The number of rotatable bonds is 1. The van der Waals surface area contributed by atoms with E-state index in [1.54, 1.807) is 12.1 Å². The molecule has 0 atom stereocenters. The molecule has 1 aromatic carbocycles. The molecule has 0 spiro atoms. The van der Waals surface area contributed by atoms with Gasteiger partial charge in [0.15, 0.2) is 0 Å². The fraction of sp³-hybridized carbons (Fsp3) is 0. The summed E-state index contributed by atoms with van der Waals surface area (Å²) < 4.78 is 0. The molecule has 0 aliphatic rings. The molecule has 0 amide bonds. The molecule has 8 heteroatoms. The van der Waals surface area contributed by atoms with Crippen LogP contribution in [-0.2, 0) is 0 Å². The summed E-state index contributed by atoms with van der Waals surface area (Å²) in [7, 11) is 0. The number of nitriles is 1. The van der Waals surface area contributed by atoms with Crippen molar-refractivity contribution in [3.05, 3.63) is 50.7 Å². The Hall–Kier alpha value is -3.60. The predicted molar refractivity (Wildman–Crippen MR) is 79.2 cm³/mol. The fourth-order valence-corrected chi connectivity index (χ4v) is 2.28. The summed E-state index contributed by atoms with van der Waals surface area (Å²) in [6, 6.07) is 7.92. The van der Waals surface area contributed by atoms with Crippen molar-refractivity contribution in [2.45, 2.75) is 0 Å². The van der Waals surface area contributed by atoms with E-state index < -0.39 is 11.2 Å². The van der Waals surface area contributed by atoms with Crippen molar-refractivity contribution in [2.24, 2.45) is 0 Å². The van der Waals surface area contributed by atoms with Crippen molar-refractivity contribution in [3.63, 3.8) is 0 Å². The Morgan fingerprint density at radius 3 is 2.73 bits per heavy atom. The van der Waals surface area contributed by atoms with Crippen LogP contribution in [0.1, 0.15) is 5.56 Å². The molecule has 0 unspecified atom stereocenters. The lowest BCUT2D eigenvalue weighted by atomic mass is 9.98. The largest absolute Gasteiger partial charge is 0.508 e. The highest BCUT2D eigenvalue weighted by Crippen LogP contribution is 2.32. The van der Waals surface area contributed by atoms with Crippen LogP contribution in [0.25, 0.3) is 22.2 Å². The van der Waals surface area contributed by atoms with Gasteiger partial charge in [-0.15, -0.1) is 0 Å². The topological polar surface area (TPSA) is 149 Å². The van der Waals surface area contributed by atoms with Crippen molar-refractivity contribution in [3.8, 4) is 22.9 Å². The van der Waals surface area contributed by atoms with Crippen LogP contribution in [0.5, 0.6) is 5.75 Å². The van der Waals surface area contributed by atoms with Gasteiger partial charge in [0.05, 0.1) is 5.39 Å². The summed E-state index contributed by atoms with van der Waals surface area (Å²) in [6.45, 7) is 0. The maximum Gasteiger partial charge on any atom is 0.327 e. The number of H-pyrrole nitrogens is 2. The first-order valence-electron chi connectivity index (χ1n) is 6.16. The summed E-state index contributed by atoms with van der Waals surface area (Å²) in [5.41, 5.74) is 4.91. The highest BCUT2D eigenvalue weighted by Gasteiger charge is 2.18. The van der Waals surface area contributed by atoms with Gasteiger partial charge in [-0.1, -0.05) is 12.1 Å². The van der Waals surface area contributed by atoms with Crippen molar-refractivity contribution in [1.29, 1.82) is 5.26 Å². The summed E-state index contributed by atoms with van der Waals surface area (Å²) in [4.78, 5) is 31.9. The van der Waals surface area contributed by atoms with Crippen LogP contribution in [0.4, 0.5) is 5.82 Å². The summed E-state index contributed by atoms with van der Waals surface area (Å²) >= 11 is 0. The Balaban J connectivity index is 2.59. The van der Waals surface area contributed by atoms with E-state index in [9.17, 15) is 20.0 Å². The van der Waals surface area contributed by atoms with Gasteiger partial charge in [0.2, 0.25) is 0 Å². The Bertz CT molecular complexity index is 1060. The Morgan fingerprint density at radius 2 is 2.05 bits per heavy atom. The first kappa shape index (κ1) is 13.4. The first-order valence-corrected chi connectivity index (χ1v) is 6.16. The molecule has 22 heavy (non-hydrogen) atoms. The molecule has 0 saturated carbocycles. The van der Waals surface area contributed by atoms with Crippen LogP contribution in [0, 0.1) is 11.3 Å². The molecule has 0 saturated heterocycles. The van der Waals surface area contributed by atoms with Crippen LogP contribution in [0.15, 0.2) is 33.9 Å². The molecule has 2 aromatic heterocycles. The number of nitrogens with zero attached hydrogens (tertiary/aromatic N) is 2. The lowest BCUT2D eigenvalue weighted by Crippen LogP contribution is -2.23.